The van der Waals surface area contributed by atoms with Gasteiger partial charge in [0, 0.05) is 25.5 Å². The SMILES string of the molecule is O=C(Nc1ccc(N2CCCC(O)C2)nc1)c1cc[nH]c1. The molecule has 3 rings (SSSR count). The first kappa shape index (κ1) is 13.6. The Balaban J connectivity index is 1.65. The number of hydrogen-bond donors (Lipinski definition) is 3. The minimum Gasteiger partial charge on any atom is -0.391 e. The van der Waals surface area contributed by atoms with E-state index >= 15 is 0 Å². The fourth-order valence-corrected chi connectivity index (χ4v) is 2.48. The molecule has 2 aromatic rings. The number of carbonyl (C=O) groups is 1. The molecule has 1 unspecified atom stereocenters. The molecule has 6 heteroatoms. The van der Waals surface area contributed by atoms with Crippen molar-refractivity contribution in [2.45, 2.75) is 18.9 Å². The Bertz CT molecular complexity index is 595. The number of anilines is 2. The van der Waals surface area contributed by atoms with Crippen LogP contribution in [-0.2, 0) is 0 Å². The normalized spacial score (nSPS) is 18.5. The average molecular weight is 286 g/mol. The first-order valence-electron chi connectivity index (χ1n) is 7.05. The van der Waals surface area contributed by atoms with E-state index in [2.05, 4.69) is 20.2 Å². The van der Waals surface area contributed by atoms with Crippen LogP contribution in [-0.4, -0.2) is 40.2 Å². The zero-order valence-corrected chi connectivity index (χ0v) is 11.6. The molecule has 0 radical (unpaired) electrons. The van der Waals surface area contributed by atoms with Gasteiger partial charge in [0.2, 0.25) is 0 Å². The fraction of sp³-hybridized carbons (Fsp3) is 0.333. The van der Waals surface area contributed by atoms with Crippen molar-refractivity contribution in [3.8, 4) is 0 Å². The third-order valence-corrected chi connectivity index (χ3v) is 3.59. The van der Waals surface area contributed by atoms with Crippen LogP contribution >= 0.6 is 0 Å². The van der Waals surface area contributed by atoms with Gasteiger partial charge >= 0.3 is 0 Å². The maximum atomic E-state index is 11.9. The molecule has 0 aromatic carbocycles. The highest BCUT2D eigenvalue weighted by Crippen LogP contribution is 2.19. The summed E-state index contributed by atoms with van der Waals surface area (Å²) in [6.07, 6.45) is 6.52. The van der Waals surface area contributed by atoms with Gasteiger partial charge in [-0.05, 0) is 31.0 Å². The van der Waals surface area contributed by atoms with Gasteiger partial charge in [0.1, 0.15) is 5.82 Å². The second-order valence-electron chi connectivity index (χ2n) is 5.20. The minimum atomic E-state index is -0.284. The first-order valence-corrected chi connectivity index (χ1v) is 7.05. The molecule has 110 valence electrons. The van der Waals surface area contributed by atoms with Crippen molar-refractivity contribution in [3.63, 3.8) is 0 Å². The largest absolute Gasteiger partial charge is 0.391 e. The maximum Gasteiger partial charge on any atom is 0.257 e. The van der Waals surface area contributed by atoms with E-state index in [1.807, 2.05) is 12.1 Å². The quantitative estimate of drug-likeness (QED) is 0.801. The molecule has 3 heterocycles. The molecule has 0 spiro atoms. The van der Waals surface area contributed by atoms with E-state index in [1.54, 1.807) is 24.7 Å². The summed E-state index contributed by atoms with van der Waals surface area (Å²) in [6, 6.07) is 5.41. The molecule has 1 amide bonds. The third kappa shape index (κ3) is 3.22. The number of aromatic amines is 1. The second kappa shape index (κ2) is 5.97. The van der Waals surface area contributed by atoms with Crippen molar-refractivity contribution in [1.82, 2.24) is 9.97 Å². The number of nitrogens with one attached hydrogen (secondary N) is 2. The fourth-order valence-electron chi connectivity index (χ4n) is 2.48. The van der Waals surface area contributed by atoms with Crippen LogP contribution in [0.25, 0.3) is 0 Å². The maximum absolute atomic E-state index is 11.9. The summed E-state index contributed by atoms with van der Waals surface area (Å²) >= 11 is 0. The number of hydrogen-bond acceptors (Lipinski definition) is 4. The molecular weight excluding hydrogens is 268 g/mol. The van der Waals surface area contributed by atoms with Crippen LogP contribution in [0.15, 0.2) is 36.8 Å². The molecule has 0 aliphatic carbocycles. The number of rotatable bonds is 3. The third-order valence-electron chi connectivity index (χ3n) is 3.59. The number of carbonyl (C=O) groups excluding carboxylic acids is 1. The lowest BCUT2D eigenvalue weighted by Gasteiger charge is -2.31. The second-order valence-corrected chi connectivity index (χ2v) is 5.20. The molecular formula is C15H18N4O2. The van der Waals surface area contributed by atoms with Gasteiger partial charge in [0.25, 0.3) is 5.91 Å². The van der Waals surface area contributed by atoms with E-state index in [1.165, 1.54) is 0 Å². The van der Waals surface area contributed by atoms with E-state index in [9.17, 15) is 9.90 Å². The molecule has 3 N–H and O–H groups in total. The number of aliphatic hydroxyl groups is 1. The van der Waals surface area contributed by atoms with Gasteiger partial charge in [-0.2, -0.15) is 0 Å². The van der Waals surface area contributed by atoms with Crippen LogP contribution in [0.4, 0.5) is 11.5 Å². The van der Waals surface area contributed by atoms with E-state index < -0.39 is 0 Å². The number of β-amino-alcohol motifs (C(OH)–C–C–N with tert-alkyl or cyclic N) is 1. The molecule has 1 aliphatic heterocycles. The summed E-state index contributed by atoms with van der Waals surface area (Å²) in [5.41, 5.74) is 1.24. The summed E-state index contributed by atoms with van der Waals surface area (Å²) in [5, 5.41) is 12.5. The number of nitrogens with zero attached hydrogens (tertiary/aromatic N) is 2. The van der Waals surface area contributed by atoms with Crippen molar-refractivity contribution >= 4 is 17.4 Å². The summed E-state index contributed by atoms with van der Waals surface area (Å²) in [6.45, 7) is 1.52. The van der Waals surface area contributed by atoms with Gasteiger partial charge in [0.05, 0.1) is 23.6 Å². The predicted molar refractivity (Wildman–Crippen MR) is 80.4 cm³/mol. The Morgan fingerprint density at radius 3 is 3.00 bits per heavy atom. The van der Waals surface area contributed by atoms with Gasteiger partial charge < -0.3 is 20.3 Å². The minimum absolute atomic E-state index is 0.167. The highest BCUT2D eigenvalue weighted by Gasteiger charge is 2.18. The van der Waals surface area contributed by atoms with Crippen molar-refractivity contribution < 1.29 is 9.90 Å². The first-order chi connectivity index (χ1) is 10.2. The lowest BCUT2D eigenvalue weighted by molar-refractivity contribution is 0.102. The van der Waals surface area contributed by atoms with Crippen LogP contribution in [0.1, 0.15) is 23.2 Å². The lowest BCUT2D eigenvalue weighted by atomic mass is 10.1. The topological polar surface area (TPSA) is 81.2 Å². The zero-order chi connectivity index (χ0) is 14.7. The Morgan fingerprint density at radius 2 is 2.33 bits per heavy atom. The van der Waals surface area contributed by atoms with Crippen molar-refractivity contribution in [2.75, 3.05) is 23.3 Å². The van der Waals surface area contributed by atoms with Crippen LogP contribution in [0, 0.1) is 0 Å². The molecule has 0 bridgehead atoms. The van der Waals surface area contributed by atoms with E-state index in [4.69, 9.17) is 0 Å². The summed E-state index contributed by atoms with van der Waals surface area (Å²) < 4.78 is 0. The van der Waals surface area contributed by atoms with E-state index in [0.29, 0.717) is 17.8 Å². The molecule has 1 atom stereocenters. The van der Waals surface area contributed by atoms with Crippen molar-refractivity contribution in [1.29, 1.82) is 0 Å². The number of amides is 1. The molecule has 0 saturated carbocycles. The Kier molecular flexibility index (Phi) is 3.87. The Hall–Kier alpha value is -2.34. The van der Waals surface area contributed by atoms with Crippen LogP contribution in [0.3, 0.4) is 0 Å². The molecule has 6 nitrogen and oxygen atoms in total. The van der Waals surface area contributed by atoms with Gasteiger partial charge in [-0.15, -0.1) is 0 Å². The molecule has 1 saturated heterocycles. The smallest absolute Gasteiger partial charge is 0.257 e. The standard InChI is InChI=1S/C15H18N4O2/c20-13-2-1-7-19(10-13)14-4-3-12(9-17-14)18-15(21)11-5-6-16-8-11/h3-6,8-9,13,16,20H,1-2,7,10H2,(H,18,21). The van der Waals surface area contributed by atoms with Crippen molar-refractivity contribution in [2.24, 2.45) is 0 Å². The van der Waals surface area contributed by atoms with Crippen molar-refractivity contribution in [3.05, 3.63) is 42.4 Å². The lowest BCUT2D eigenvalue weighted by Crippen LogP contribution is -2.38. The highest BCUT2D eigenvalue weighted by atomic mass is 16.3. The number of piperidine rings is 1. The number of pyridine rings is 1. The average Bonchev–Trinajstić information content (AvgIpc) is 3.02. The zero-order valence-electron chi connectivity index (χ0n) is 11.6. The van der Waals surface area contributed by atoms with Gasteiger partial charge in [-0.25, -0.2) is 4.98 Å². The molecule has 1 fully saturated rings. The Labute approximate surface area is 122 Å². The predicted octanol–water partition coefficient (Wildman–Crippen LogP) is 1.62. The number of aromatic nitrogens is 2. The van der Waals surface area contributed by atoms with Gasteiger partial charge in [-0.1, -0.05) is 0 Å². The summed E-state index contributed by atoms with van der Waals surface area (Å²) in [7, 11) is 0. The Morgan fingerprint density at radius 1 is 1.43 bits per heavy atom. The van der Waals surface area contributed by atoms with Crippen LogP contribution < -0.4 is 10.2 Å². The summed E-state index contributed by atoms with van der Waals surface area (Å²) in [4.78, 5) is 21.2. The van der Waals surface area contributed by atoms with Gasteiger partial charge in [-0.3, -0.25) is 4.79 Å². The van der Waals surface area contributed by atoms with Crippen LogP contribution in [0.2, 0.25) is 0 Å². The van der Waals surface area contributed by atoms with Crippen LogP contribution in [0.5, 0.6) is 0 Å². The number of aliphatic hydroxyl groups excluding tert-OH is 1. The molecule has 1 aliphatic rings. The molecule has 2 aromatic heterocycles. The monoisotopic (exact) mass is 286 g/mol. The highest BCUT2D eigenvalue weighted by molar-refractivity contribution is 6.04. The molecule has 21 heavy (non-hydrogen) atoms. The number of H-pyrrole nitrogens is 1. The van der Waals surface area contributed by atoms with Gasteiger partial charge in [0.15, 0.2) is 0 Å². The summed E-state index contributed by atoms with van der Waals surface area (Å²) in [5.74, 6) is 0.660. The van der Waals surface area contributed by atoms with E-state index in [-0.39, 0.29) is 12.0 Å². The van der Waals surface area contributed by atoms with E-state index in [0.717, 1.165) is 25.2 Å².